The van der Waals surface area contributed by atoms with Crippen LogP contribution in [0, 0.1) is 0 Å². The van der Waals surface area contributed by atoms with E-state index >= 15 is 0 Å². The molecule has 2 aromatic heterocycles. The van der Waals surface area contributed by atoms with Crippen molar-refractivity contribution >= 4 is 5.91 Å². The summed E-state index contributed by atoms with van der Waals surface area (Å²) in [6, 6.07) is 11.3. The molecule has 0 unspecified atom stereocenters. The molecule has 1 atom stereocenters. The summed E-state index contributed by atoms with van der Waals surface area (Å²) in [5.41, 5.74) is 1.46. The van der Waals surface area contributed by atoms with E-state index in [-0.39, 0.29) is 5.91 Å². The Morgan fingerprint density at radius 1 is 1.29 bits per heavy atom. The summed E-state index contributed by atoms with van der Waals surface area (Å²) >= 11 is 0. The predicted molar refractivity (Wildman–Crippen MR) is 101 cm³/mol. The van der Waals surface area contributed by atoms with Gasteiger partial charge in [-0.25, -0.2) is 4.98 Å². The third kappa shape index (κ3) is 3.77. The molecule has 1 aliphatic heterocycles. The van der Waals surface area contributed by atoms with E-state index in [2.05, 4.69) is 10.1 Å². The lowest BCUT2D eigenvalue weighted by molar-refractivity contribution is -0.133. The monoisotopic (exact) mass is 381 g/mol. The van der Waals surface area contributed by atoms with Crippen molar-refractivity contribution in [1.82, 2.24) is 24.2 Å². The minimum absolute atomic E-state index is 0.0505. The van der Waals surface area contributed by atoms with E-state index < -0.39 is 6.10 Å². The molecule has 28 heavy (non-hydrogen) atoms. The van der Waals surface area contributed by atoms with Gasteiger partial charge in [0.25, 0.3) is 0 Å². The van der Waals surface area contributed by atoms with Crippen molar-refractivity contribution in [2.75, 3.05) is 13.2 Å². The fourth-order valence-electron chi connectivity index (χ4n) is 3.34. The van der Waals surface area contributed by atoms with E-state index in [0.717, 1.165) is 11.4 Å². The molecule has 0 saturated carbocycles. The van der Waals surface area contributed by atoms with Crippen molar-refractivity contribution in [2.24, 2.45) is 7.05 Å². The number of aryl methyl sites for hydroxylation is 1. The second-order valence-electron chi connectivity index (χ2n) is 6.81. The van der Waals surface area contributed by atoms with Crippen LogP contribution in [0.1, 0.15) is 29.7 Å². The van der Waals surface area contributed by atoms with Gasteiger partial charge in [0.05, 0.1) is 37.5 Å². The average Bonchev–Trinajstić information content (AvgIpc) is 3.33. The molecule has 8 heteroatoms. The van der Waals surface area contributed by atoms with Gasteiger partial charge in [0.15, 0.2) is 6.10 Å². The lowest BCUT2D eigenvalue weighted by Crippen LogP contribution is -2.38. The van der Waals surface area contributed by atoms with Crippen LogP contribution in [0.25, 0.3) is 0 Å². The van der Waals surface area contributed by atoms with E-state index in [1.807, 2.05) is 53.0 Å². The summed E-state index contributed by atoms with van der Waals surface area (Å²) in [7, 11) is 1.83. The Labute approximate surface area is 163 Å². The van der Waals surface area contributed by atoms with E-state index in [0.29, 0.717) is 44.2 Å². The molecule has 8 nitrogen and oxygen atoms in total. The van der Waals surface area contributed by atoms with Crippen molar-refractivity contribution < 1.29 is 14.6 Å². The number of imidazole rings is 1. The average molecular weight is 381 g/mol. The molecular formula is C20H23N5O3. The molecule has 0 spiro atoms. The van der Waals surface area contributed by atoms with Gasteiger partial charge in [-0.2, -0.15) is 5.10 Å². The summed E-state index contributed by atoms with van der Waals surface area (Å²) in [4.78, 5) is 18.5. The molecule has 0 saturated heterocycles. The second-order valence-corrected chi connectivity index (χ2v) is 6.81. The maximum atomic E-state index is 12.5. The molecule has 146 valence electrons. The summed E-state index contributed by atoms with van der Waals surface area (Å²) in [6.07, 6.45) is 2.87. The van der Waals surface area contributed by atoms with Crippen LogP contribution in [-0.2, 0) is 24.9 Å². The van der Waals surface area contributed by atoms with E-state index in [4.69, 9.17) is 4.74 Å². The van der Waals surface area contributed by atoms with Gasteiger partial charge in [-0.05, 0) is 18.2 Å². The Hall–Kier alpha value is -3.13. The predicted octanol–water partition coefficient (Wildman–Crippen LogP) is 1.51. The number of hydrogen-bond donors (Lipinski definition) is 1. The van der Waals surface area contributed by atoms with Crippen LogP contribution < -0.4 is 4.74 Å². The molecule has 1 N–H and O–H groups in total. The summed E-state index contributed by atoms with van der Waals surface area (Å²) in [5, 5.41) is 15.0. The number of para-hydroxylation sites is 1. The van der Waals surface area contributed by atoms with Crippen molar-refractivity contribution in [1.29, 1.82) is 0 Å². The Morgan fingerprint density at radius 2 is 2.11 bits per heavy atom. The Kier molecular flexibility index (Phi) is 5.12. The number of benzene rings is 1. The normalized spacial score (nSPS) is 14.6. The van der Waals surface area contributed by atoms with Crippen LogP contribution in [-0.4, -0.2) is 48.4 Å². The topological polar surface area (TPSA) is 85.4 Å². The standard InChI is InChI=1S/C20H23N5O3/c1-23-9-8-21-20(23)19(27)17-13-15-14-24(10-11-25(15)22-17)18(26)7-12-28-16-5-3-2-4-6-16/h2-6,8-9,13,19,27H,7,10-12,14H2,1H3/t19-/m1/s1. The van der Waals surface area contributed by atoms with Gasteiger partial charge in [-0.3, -0.25) is 9.48 Å². The highest BCUT2D eigenvalue weighted by atomic mass is 16.5. The lowest BCUT2D eigenvalue weighted by atomic mass is 10.2. The number of fused-ring (bicyclic) bond motifs is 1. The molecule has 0 fully saturated rings. The van der Waals surface area contributed by atoms with Crippen LogP contribution in [0.15, 0.2) is 48.8 Å². The van der Waals surface area contributed by atoms with Crippen LogP contribution in [0.4, 0.5) is 0 Å². The summed E-state index contributed by atoms with van der Waals surface area (Å²) in [5.74, 6) is 1.36. The molecule has 1 aliphatic rings. The number of carbonyl (C=O) groups excluding carboxylic acids is 1. The Bertz CT molecular complexity index is 950. The molecule has 1 amide bonds. The number of aliphatic hydroxyl groups is 1. The number of hydrogen-bond acceptors (Lipinski definition) is 5. The second kappa shape index (κ2) is 7.85. The molecule has 4 rings (SSSR count). The first kappa shape index (κ1) is 18.2. The molecule has 1 aromatic carbocycles. The zero-order valence-corrected chi connectivity index (χ0v) is 15.7. The highest BCUT2D eigenvalue weighted by molar-refractivity contribution is 5.76. The lowest BCUT2D eigenvalue weighted by Gasteiger charge is -2.27. The minimum Gasteiger partial charge on any atom is -0.493 e. The fraction of sp³-hybridized carbons (Fsp3) is 0.350. The van der Waals surface area contributed by atoms with Gasteiger partial charge in [-0.1, -0.05) is 18.2 Å². The van der Waals surface area contributed by atoms with Crippen molar-refractivity contribution in [2.45, 2.75) is 25.6 Å². The van der Waals surface area contributed by atoms with E-state index in [1.54, 1.807) is 17.0 Å². The summed E-state index contributed by atoms with van der Waals surface area (Å²) < 4.78 is 9.24. The largest absolute Gasteiger partial charge is 0.493 e. The first-order valence-corrected chi connectivity index (χ1v) is 9.29. The van der Waals surface area contributed by atoms with Gasteiger partial charge < -0.3 is 19.3 Å². The minimum atomic E-state index is -0.887. The molecule has 0 bridgehead atoms. The molecule has 0 aliphatic carbocycles. The van der Waals surface area contributed by atoms with Crippen molar-refractivity contribution in [3.05, 3.63) is 66.0 Å². The highest BCUT2D eigenvalue weighted by Crippen LogP contribution is 2.22. The van der Waals surface area contributed by atoms with Gasteiger partial charge in [-0.15, -0.1) is 0 Å². The zero-order valence-electron chi connectivity index (χ0n) is 15.7. The number of ether oxygens (including phenoxy) is 1. The third-order valence-corrected chi connectivity index (χ3v) is 4.88. The number of rotatable bonds is 6. The first-order valence-electron chi connectivity index (χ1n) is 9.29. The van der Waals surface area contributed by atoms with Crippen molar-refractivity contribution in [3.8, 4) is 5.75 Å². The Balaban J connectivity index is 1.36. The quantitative estimate of drug-likeness (QED) is 0.700. The Morgan fingerprint density at radius 3 is 2.86 bits per heavy atom. The highest BCUT2D eigenvalue weighted by Gasteiger charge is 2.25. The van der Waals surface area contributed by atoms with E-state index in [9.17, 15) is 9.90 Å². The summed E-state index contributed by atoms with van der Waals surface area (Å²) in [6.45, 7) is 2.02. The SMILES string of the molecule is Cn1ccnc1[C@H](O)c1cc2n(n1)CCN(C(=O)CCOc1ccccc1)C2. The van der Waals surface area contributed by atoms with Gasteiger partial charge in [0, 0.05) is 26.0 Å². The fourth-order valence-corrected chi connectivity index (χ4v) is 3.34. The number of aliphatic hydroxyl groups excluding tert-OH is 1. The van der Waals surface area contributed by atoms with Gasteiger partial charge >= 0.3 is 0 Å². The first-order chi connectivity index (χ1) is 13.6. The third-order valence-electron chi connectivity index (χ3n) is 4.88. The molecule has 0 radical (unpaired) electrons. The van der Waals surface area contributed by atoms with Gasteiger partial charge in [0.2, 0.25) is 5.91 Å². The van der Waals surface area contributed by atoms with E-state index in [1.165, 1.54) is 0 Å². The maximum Gasteiger partial charge on any atom is 0.226 e. The van der Waals surface area contributed by atoms with Gasteiger partial charge in [0.1, 0.15) is 11.6 Å². The van der Waals surface area contributed by atoms with Crippen LogP contribution >= 0.6 is 0 Å². The molecular weight excluding hydrogens is 358 g/mol. The zero-order chi connectivity index (χ0) is 19.5. The van der Waals surface area contributed by atoms with Crippen molar-refractivity contribution in [3.63, 3.8) is 0 Å². The van der Waals surface area contributed by atoms with Crippen LogP contribution in [0.5, 0.6) is 5.75 Å². The maximum absolute atomic E-state index is 12.5. The van der Waals surface area contributed by atoms with Crippen LogP contribution in [0.2, 0.25) is 0 Å². The molecule has 3 heterocycles. The number of carbonyl (C=O) groups is 1. The smallest absolute Gasteiger partial charge is 0.226 e. The van der Waals surface area contributed by atoms with Crippen LogP contribution in [0.3, 0.4) is 0 Å². The number of nitrogens with zero attached hydrogens (tertiary/aromatic N) is 5. The number of amides is 1. The molecule has 3 aromatic rings. The number of aromatic nitrogens is 4.